The Morgan fingerprint density at radius 1 is 1.12 bits per heavy atom. The van der Waals surface area contributed by atoms with E-state index in [1.807, 2.05) is 42.5 Å². The molecular weight excluding hydrogens is 328 g/mol. The van der Waals surface area contributed by atoms with Crippen LogP contribution in [-0.2, 0) is 11.3 Å². The van der Waals surface area contributed by atoms with Crippen molar-refractivity contribution in [3.63, 3.8) is 0 Å². The fourth-order valence-corrected chi connectivity index (χ4v) is 2.42. The number of hydrogen-bond donors (Lipinski definition) is 2. The number of aromatic amines is 1. The molecule has 1 heterocycles. The average molecular weight is 346 g/mol. The van der Waals surface area contributed by atoms with Crippen LogP contribution >= 0.6 is 0 Å². The summed E-state index contributed by atoms with van der Waals surface area (Å²) in [6, 6.07) is 16.4. The molecule has 0 aliphatic heterocycles. The molecule has 3 aromatic rings. The van der Waals surface area contributed by atoms with E-state index >= 15 is 0 Å². The standard InChI is InChI=1S/C21H18N2O3/c24-20-11-13-22-19-14-16(9-10-18(19)20)6-4-5-12-23-21(25)26-15-17-7-2-1-3-8-17/h1-3,7-11,13-14H,5,12,15H2,(H,22,24)(H,23,25). The van der Waals surface area contributed by atoms with Crippen molar-refractivity contribution in [2.75, 3.05) is 6.54 Å². The van der Waals surface area contributed by atoms with E-state index in [9.17, 15) is 9.59 Å². The molecule has 0 saturated heterocycles. The monoisotopic (exact) mass is 346 g/mol. The molecule has 26 heavy (non-hydrogen) atoms. The van der Waals surface area contributed by atoms with E-state index in [1.54, 1.807) is 12.3 Å². The van der Waals surface area contributed by atoms with E-state index in [4.69, 9.17) is 4.74 Å². The van der Waals surface area contributed by atoms with E-state index in [2.05, 4.69) is 22.1 Å². The molecule has 5 nitrogen and oxygen atoms in total. The Labute approximate surface area is 151 Å². The number of H-pyrrole nitrogens is 1. The Bertz CT molecular complexity index is 1010. The van der Waals surface area contributed by atoms with E-state index < -0.39 is 6.09 Å². The maximum Gasteiger partial charge on any atom is 0.407 e. The van der Waals surface area contributed by atoms with Crippen LogP contribution < -0.4 is 10.7 Å². The zero-order valence-electron chi connectivity index (χ0n) is 14.1. The number of pyridine rings is 1. The van der Waals surface area contributed by atoms with Crippen LogP contribution in [0, 0.1) is 11.8 Å². The zero-order chi connectivity index (χ0) is 18.2. The minimum absolute atomic E-state index is 0.0172. The number of hydrogen-bond acceptors (Lipinski definition) is 3. The highest BCUT2D eigenvalue weighted by molar-refractivity contribution is 5.79. The molecule has 0 fully saturated rings. The quantitative estimate of drug-likeness (QED) is 0.563. The van der Waals surface area contributed by atoms with Crippen molar-refractivity contribution >= 4 is 17.0 Å². The summed E-state index contributed by atoms with van der Waals surface area (Å²) in [4.78, 5) is 26.3. The number of benzene rings is 2. The zero-order valence-corrected chi connectivity index (χ0v) is 14.1. The summed E-state index contributed by atoms with van der Waals surface area (Å²) >= 11 is 0. The lowest BCUT2D eigenvalue weighted by Crippen LogP contribution is -2.24. The van der Waals surface area contributed by atoms with Crippen molar-refractivity contribution < 1.29 is 9.53 Å². The second-order valence-electron chi connectivity index (χ2n) is 5.64. The van der Waals surface area contributed by atoms with Gasteiger partial charge in [-0.05, 0) is 23.8 Å². The molecule has 2 N–H and O–H groups in total. The van der Waals surface area contributed by atoms with Gasteiger partial charge < -0.3 is 15.0 Å². The average Bonchev–Trinajstić information content (AvgIpc) is 2.67. The van der Waals surface area contributed by atoms with E-state index in [1.165, 1.54) is 6.07 Å². The van der Waals surface area contributed by atoms with Gasteiger partial charge in [-0.2, -0.15) is 0 Å². The summed E-state index contributed by atoms with van der Waals surface area (Å²) < 4.78 is 5.12. The van der Waals surface area contributed by atoms with Crippen molar-refractivity contribution in [3.8, 4) is 11.8 Å². The lowest BCUT2D eigenvalue weighted by atomic mass is 10.1. The normalized spacial score (nSPS) is 10.0. The lowest BCUT2D eigenvalue weighted by Gasteiger charge is -2.05. The van der Waals surface area contributed by atoms with Gasteiger partial charge in [0, 0.05) is 36.2 Å². The first-order valence-electron chi connectivity index (χ1n) is 8.27. The molecule has 5 heteroatoms. The minimum atomic E-state index is -0.459. The predicted octanol–water partition coefficient (Wildman–Crippen LogP) is 3.20. The third kappa shape index (κ3) is 4.74. The van der Waals surface area contributed by atoms with Crippen LogP contribution in [0.15, 0.2) is 65.6 Å². The Hall–Kier alpha value is -3.52. The number of amides is 1. The van der Waals surface area contributed by atoms with E-state index in [0.29, 0.717) is 18.4 Å². The number of nitrogens with one attached hydrogen (secondary N) is 2. The molecule has 1 amide bonds. The lowest BCUT2D eigenvalue weighted by molar-refractivity contribution is 0.140. The highest BCUT2D eigenvalue weighted by Crippen LogP contribution is 2.09. The predicted molar refractivity (Wildman–Crippen MR) is 101 cm³/mol. The second kappa shape index (κ2) is 8.54. The van der Waals surface area contributed by atoms with Crippen molar-refractivity contribution in [1.82, 2.24) is 10.3 Å². The van der Waals surface area contributed by atoms with E-state index in [0.717, 1.165) is 16.6 Å². The topological polar surface area (TPSA) is 71.2 Å². The van der Waals surface area contributed by atoms with Gasteiger partial charge in [0.2, 0.25) is 0 Å². The summed E-state index contributed by atoms with van der Waals surface area (Å²) in [6.45, 7) is 0.651. The highest BCUT2D eigenvalue weighted by Gasteiger charge is 2.01. The maximum atomic E-state index is 11.7. The molecular formula is C21H18N2O3. The maximum absolute atomic E-state index is 11.7. The smallest absolute Gasteiger partial charge is 0.407 e. The molecule has 3 rings (SSSR count). The molecule has 0 unspecified atom stereocenters. The van der Waals surface area contributed by atoms with Crippen LogP contribution in [0.3, 0.4) is 0 Å². The number of rotatable bonds is 4. The number of aromatic nitrogens is 1. The molecule has 1 aromatic heterocycles. The van der Waals surface area contributed by atoms with Gasteiger partial charge >= 0.3 is 6.09 Å². The summed E-state index contributed by atoms with van der Waals surface area (Å²) in [5.41, 5.74) is 2.49. The SMILES string of the molecule is O=C(NCCC#Cc1ccc2c(=O)cc[nH]c2c1)OCc1ccccc1. The molecule has 0 radical (unpaired) electrons. The van der Waals surface area contributed by atoms with Crippen LogP contribution in [0.4, 0.5) is 4.79 Å². The Kier molecular flexibility index (Phi) is 5.69. The molecule has 0 bridgehead atoms. The van der Waals surface area contributed by atoms with Gasteiger partial charge in [0.25, 0.3) is 0 Å². The highest BCUT2D eigenvalue weighted by atomic mass is 16.5. The van der Waals surface area contributed by atoms with Crippen LogP contribution in [0.25, 0.3) is 10.9 Å². The van der Waals surface area contributed by atoms with E-state index in [-0.39, 0.29) is 12.0 Å². The van der Waals surface area contributed by atoms with Crippen molar-refractivity contribution in [3.05, 3.63) is 82.1 Å². The van der Waals surface area contributed by atoms with Gasteiger partial charge in [-0.15, -0.1) is 0 Å². The summed E-state index contributed by atoms with van der Waals surface area (Å²) in [5.74, 6) is 6.02. The number of alkyl carbamates (subject to hydrolysis) is 1. The number of carbonyl (C=O) groups is 1. The Balaban J connectivity index is 1.45. The fraction of sp³-hybridized carbons (Fsp3) is 0.143. The first-order valence-corrected chi connectivity index (χ1v) is 8.27. The molecule has 0 saturated carbocycles. The van der Waals surface area contributed by atoms with Crippen LogP contribution in [-0.4, -0.2) is 17.6 Å². The Morgan fingerprint density at radius 3 is 2.81 bits per heavy atom. The molecule has 0 aliphatic carbocycles. The van der Waals surface area contributed by atoms with Crippen molar-refractivity contribution in [2.24, 2.45) is 0 Å². The molecule has 0 atom stereocenters. The summed E-state index contributed by atoms with van der Waals surface area (Å²) in [5, 5.41) is 3.30. The first-order chi connectivity index (χ1) is 12.7. The number of fused-ring (bicyclic) bond motifs is 1. The summed E-state index contributed by atoms with van der Waals surface area (Å²) in [6.07, 6.45) is 1.66. The van der Waals surface area contributed by atoms with Crippen LogP contribution in [0.1, 0.15) is 17.5 Å². The van der Waals surface area contributed by atoms with Crippen molar-refractivity contribution in [2.45, 2.75) is 13.0 Å². The van der Waals surface area contributed by atoms with Crippen LogP contribution in [0.5, 0.6) is 0 Å². The minimum Gasteiger partial charge on any atom is -0.445 e. The molecule has 130 valence electrons. The molecule has 2 aromatic carbocycles. The third-order valence-corrected chi connectivity index (χ3v) is 3.72. The number of carbonyl (C=O) groups excluding carboxylic acids is 1. The molecule has 0 aliphatic rings. The largest absolute Gasteiger partial charge is 0.445 e. The van der Waals surface area contributed by atoms with Crippen LogP contribution in [0.2, 0.25) is 0 Å². The fourth-order valence-electron chi connectivity index (χ4n) is 2.42. The Morgan fingerprint density at radius 2 is 1.96 bits per heavy atom. The first kappa shape index (κ1) is 17.3. The van der Waals surface area contributed by atoms with Gasteiger partial charge in [-0.25, -0.2) is 4.79 Å². The van der Waals surface area contributed by atoms with Gasteiger partial charge in [0.1, 0.15) is 6.61 Å². The van der Waals surface area contributed by atoms with Crippen molar-refractivity contribution in [1.29, 1.82) is 0 Å². The van der Waals surface area contributed by atoms with Gasteiger partial charge in [0.15, 0.2) is 5.43 Å². The number of ether oxygens (including phenoxy) is 1. The van der Waals surface area contributed by atoms with Gasteiger partial charge in [0.05, 0.1) is 5.52 Å². The molecule has 0 spiro atoms. The van der Waals surface area contributed by atoms with Gasteiger partial charge in [-0.1, -0.05) is 42.2 Å². The van der Waals surface area contributed by atoms with Gasteiger partial charge in [-0.3, -0.25) is 4.79 Å². The summed E-state index contributed by atoms with van der Waals surface area (Å²) in [7, 11) is 0. The third-order valence-electron chi connectivity index (χ3n) is 3.72. The second-order valence-corrected chi connectivity index (χ2v) is 5.64.